The number of carbonyl (C=O) groups excluding carboxylic acids is 4. The highest BCUT2D eigenvalue weighted by molar-refractivity contribution is 6.01. The number of hydrogen-bond donors (Lipinski definition) is 0. The van der Waals surface area contributed by atoms with Crippen molar-refractivity contribution >= 4 is 23.8 Å². The van der Waals surface area contributed by atoms with Crippen LogP contribution in [0, 0.1) is 0 Å². The number of carbonyl (C=O) groups is 4. The minimum Gasteiger partial charge on any atom is -0.464 e. The maximum absolute atomic E-state index is 11.9. The van der Waals surface area contributed by atoms with Gasteiger partial charge < -0.3 is 14.5 Å². The van der Waals surface area contributed by atoms with E-state index in [1.165, 1.54) is 11.1 Å². The third-order valence-corrected chi connectivity index (χ3v) is 5.70. The molecule has 0 radical (unpaired) electrons. The Hall–Kier alpha value is -2.74. The SMILES string of the molecule is CCN(CC)CCOC(=O)CCCc1cccc(CCCCC(=O)ON2C(=O)CCC2=O)c1. The number of nitrogens with zero attached hydrogens (tertiary/aromatic N) is 2. The fourth-order valence-electron chi connectivity index (χ4n) is 3.68. The second kappa shape index (κ2) is 14.4. The molecule has 0 aromatic heterocycles. The van der Waals surface area contributed by atoms with Crippen LogP contribution in [0.25, 0.3) is 0 Å². The number of benzene rings is 1. The highest BCUT2D eigenvalue weighted by atomic mass is 16.7. The van der Waals surface area contributed by atoms with E-state index in [9.17, 15) is 19.2 Å². The zero-order valence-electron chi connectivity index (χ0n) is 19.8. The van der Waals surface area contributed by atoms with Gasteiger partial charge in [0.1, 0.15) is 6.61 Å². The summed E-state index contributed by atoms with van der Waals surface area (Å²) >= 11 is 0. The van der Waals surface area contributed by atoms with Crippen LogP contribution >= 0.6 is 0 Å². The average molecular weight is 461 g/mol. The highest BCUT2D eigenvalue weighted by Gasteiger charge is 2.32. The number of rotatable bonds is 15. The van der Waals surface area contributed by atoms with Crippen LogP contribution in [0.15, 0.2) is 24.3 Å². The number of unbranched alkanes of at least 4 members (excludes halogenated alkanes) is 1. The first-order valence-electron chi connectivity index (χ1n) is 11.9. The predicted molar refractivity (Wildman–Crippen MR) is 123 cm³/mol. The third-order valence-electron chi connectivity index (χ3n) is 5.70. The summed E-state index contributed by atoms with van der Waals surface area (Å²) in [6.45, 7) is 7.30. The van der Waals surface area contributed by atoms with Gasteiger partial charge >= 0.3 is 11.9 Å². The molecular formula is C25H36N2O6. The van der Waals surface area contributed by atoms with E-state index in [1.807, 2.05) is 12.1 Å². The molecule has 1 heterocycles. The summed E-state index contributed by atoms with van der Waals surface area (Å²) in [7, 11) is 0. The molecule has 0 aliphatic carbocycles. The standard InChI is InChI=1S/C25H36N2O6/c1-3-26(4-2)17-18-32-24(30)14-8-12-21-11-7-10-20(19-21)9-5-6-13-25(31)33-27-22(28)15-16-23(27)29/h7,10-11,19H,3-6,8-9,12-18H2,1-2H3. The predicted octanol–water partition coefficient (Wildman–Crippen LogP) is 3.21. The lowest BCUT2D eigenvalue weighted by Gasteiger charge is -2.17. The highest BCUT2D eigenvalue weighted by Crippen LogP contribution is 2.15. The molecule has 182 valence electrons. The summed E-state index contributed by atoms with van der Waals surface area (Å²) in [5.74, 6) is -1.63. The number of ether oxygens (including phenoxy) is 1. The topological polar surface area (TPSA) is 93.2 Å². The Kier molecular flexibility index (Phi) is 11.6. The molecule has 8 heteroatoms. The summed E-state index contributed by atoms with van der Waals surface area (Å²) < 4.78 is 5.32. The molecule has 1 saturated heterocycles. The number of hydroxylamine groups is 2. The molecule has 0 atom stereocenters. The van der Waals surface area contributed by atoms with Crippen LogP contribution in [-0.2, 0) is 41.6 Å². The van der Waals surface area contributed by atoms with E-state index in [2.05, 4.69) is 30.9 Å². The van der Waals surface area contributed by atoms with Gasteiger partial charge in [0.25, 0.3) is 11.8 Å². The maximum atomic E-state index is 11.9. The Balaban J connectivity index is 1.61. The zero-order valence-corrected chi connectivity index (χ0v) is 19.8. The van der Waals surface area contributed by atoms with Gasteiger partial charge in [-0.2, -0.15) is 0 Å². The molecule has 2 rings (SSSR count). The fraction of sp³-hybridized carbons (Fsp3) is 0.600. The molecule has 8 nitrogen and oxygen atoms in total. The van der Waals surface area contributed by atoms with E-state index in [0.29, 0.717) is 24.5 Å². The van der Waals surface area contributed by atoms with Crippen molar-refractivity contribution in [2.75, 3.05) is 26.2 Å². The first kappa shape index (κ1) is 26.5. The average Bonchev–Trinajstić information content (AvgIpc) is 3.12. The number of imide groups is 1. The lowest BCUT2D eigenvalue weighted by atomic mass is 10.0. The van der Waals surface area contributed by atoms with E-state index in [4.69, 9.17) is 9.57 Å². The molecule has 1 aromatic carbocycles. The summed E-state index contributed by atoms with van der Waals surface area (Å²) in [5, 5.41) is 0.590. The van der Waals surface area contributed by atoms with Gasteiger partial charge in [0.2, 0.25) is 0 Å². The van der Waals surface area contributed by atoms with E-state index in [1.54, 1.807) is 0 Å². The minimum absolute atomic E-state index is 0.0975. The van der Waals surface area contributed by atoms with Crippen molar-refractivity contribution in [1.29, 1.82) is 0 Å². The Morgan fingerprint density at radius 3 is 2.15 bits per heavy atom. The zero-order chi connectivity index (χ0) is 24.1. The second-order valence-electron chi connectivity index (χ2n) is 8.17. The van der Waals surface area contributed by atoms with Crippen LogP contribution in [0.3, 0.4) is 0 Å². The van der Waals surface area contributed by atoms with E-state index < -0.39 is 17.8 Å². The molecule has 1 aliphatic rings. The number of amides is 2. The van der Waals surface area contributed by atoms with E-state index in [-0.39, 0.29) is 25.2 Å². The molecule has 1 aromatic rings. The molecular weight excluding hydrogens is 424 g/mol. The van der Waals surface area contributed by atoms with Crippen LogP contribution < -0.4 is 0 Å². The monoisotopic (exact) mass is 460 g/mol. The fourth-order valence-corrected chi connectivity index (χ4v) is 3.68. The first-order valence-corrected chi connectivity index (χ1v) is 11.9. The number of hydrogen-bond acceptors (Lipinski definition) is 7. The Morgan fingerprint density at radius 1 is 0.909 bits per heavy atom. The summed E-state index contributed by atoms with van der Waals surface area (Å²) in [5.41, 5.74) is 2.35. The van der Waals surface area contributed by atoms with Gasteiger partial charge in [-0.15, -0.1) is 5.06 Å². The number of aryl methyl sites for hydroxylation is 2. The molecule has 1 aliphatic heterocycles. The molecule has 0 spiro atoms. The van der Waals surface area contributed by atoms with Gasteiger partial charge in [-0.25, -0.2) is 4.79 Å². The molecule has 1 fully saturated rings. The Labute approximate surface area is 196 Å². The minimum atomic E-state index is -0.559. The molecule has 0 bridgehead atoms. The third kappa shape index (κ3) is 9.74. The van der Waals surface area contributed by atoms with Crippen LogP contribution in [0.5, 0.6) is 0 Å². The van der Waals surface area contributed by atoms with Crippen molar-refractivity contribution in [3.8, 4) is 0 Å². The van der Waals surface area contributed by atoms with Crippen LogP contribution in [-0.4, -0.2) is 60.0 Å². The second-order valence-corrected chi connectivity index (χ2v) is 8.17. The summed E-state index contributed by atoms with van der Waals surface area (Å²) in [6, 6.07) is 8.24. The van der Waals surface area contributed by atoms with Crippen molar-refractivity contribution in [2.24, 2.45) is 0 Å². The number of esters is 1. The smallest absolute Gasteiger partial charge is 0.333 e. The van der Waals surface area contributed by atoms with Crippen LogP contribution in [0.4, 0.5) is 0 Å². The normalized spacial score (nSPS) is 13.6. The van der Waals surface area contributed by atoms with E-state index >= 15 is 0 Å². The van der Waals surface area contributed by atoms with Crippen molar-refractivity contribution < 1.29 is 28.8 Å². The van der Waals surface area contributed by atoms with Crippen molar-refractivity contribution in [2.45, 2.75) is 71.6 Å². The van der Waals surface area contributed by atoms with Crippen molar-refractivity contribution in [1.82, 2.24) is 9.96 Å². The summed E-state index contributed by atoms with van der Waals surface area (Å²) in [6.07, 6.45) is 4.53. The molecule has 0 unspecified atom stereocenters. The Morgan fingerprint density at radius 2 is 1.52 bits per heavy atom. The first-order chi connectivity index (χ1) is 15.9. The quantitative estimate of drug-likeness (QED) is 0.225. The van der Waals surface area contributed by atoms with E-state index in [0.717, 1.165) is 45.3 Å². The molecule has 0 saturated carbocycles. The van der Waals surface area contributed by atoms with Gasteiger partial charge in [-0.05, 0) is 56.3 Å². The van der Waals surface area contributed by atoms with Gasteiger partial charge in [-0.3, -0.25) is 14.4 Å². The van der Waals surface area contributed by atoms with Crippen molar-refractivity contribution in [3.05, 3.63) is 35.4 Å². The largest absolute Gasteiger partial charge is 0.464 e. The maximum Gasteiger partial charge on any atom is 0.333 e. The lowest BCUT2D eigenvalue weighted by Crippen LogP contribution is -2.31. The summed E-state index contributed by atoms with van der Waals surface area (Å²) in [4.78, 5) is 53.8. The van der Waals surface area contributed by atoms with Crippen molar-refractivity contribution in [3.63, 3.8) is 0 Å². The van der Waals surface area contributed by atoms with Gasteiger partial charge in [0.15, 0.2) is 0 Å². The van der Waals surface area contributed by atoms with Gasteiger partial charge in [-0.1, -0.05) is 38.1 Å². The van der Waals surface area contributed by atoms with Gasteiger partial charge in [0, 0.05) is 32.2 Å². The Bertz CT molecular complexity index is 790. The van der Waals surface area contributed by atoms with Crippen LogP contribution in [0.1, 0.15) is 69.9 Å². The molecule has 0 N–H and O–H groups in total. The van der Waals surface area contributed by atoms with Crippen LogP contribution in [0.2, 0.25) is 0 Å². The van der Waals surface area contributed by atoms with Gasteiger partial charge in [0.05, 0.1) is 0 Å². The molecule has 33 heavy (non-hydrogen) atoms. The number of likely N-dealkylation sites (N-methyl/N-ethyl adjacent to an activating group) is 1. The molecule has 2 amide bonds. The lowest BCUT2D eigenvalue weighted by molar-refractivity contribution is -0.197.